The van der Waals surface area contributed by atoms with Gasteiger partial charge in [0, 0.05) is 29.8 Å². The lowest BCUT2D eigenvalue weighted by Gasteiger charge is -2.40. The zero-order valence-corrected chi connectivity index (χ0v) is 19.8. The number of hydrogen-bond donors (Lipinski definition) is 2. The molecule has 1 saturated heterocycles. The van der Waals surface area contributed by atoms with E-state index >= 15 is 0 Å². The van der Waals surface area contributed by atoms with E-state index < -0.39 is 0 Å². The first kappa shape index (κ1) is 21.4. The second kappa shape index (κ2) is 8.91. The summed E-state index contributed by atoms with van der Waals surface area (Å²) in [6, 6.07) is 20.1. The monoisotopic (exact) mass is 471 g/mol. The van der Waals surface area contributed by atoms with Crippen molar-refractivity contribution in [3.8, 4) is 0 Å². The van der Waals surface area contributed by atoms with Gasteiger partial charge in [-0.1, -0.05) is 42.8 Å². The van der Waals surface area contributed by atoms with Crippen molar-refractivity contribution in [3.63, 3.8) is 0 Å². The van der Waals surface area contributed by atoms with Crippen LogP contribution in [0.1, 0.15) is 59.3 Å². The summed E-state index contributed by atoms with van der Waals surface area (Å²) >= 11 is 1.72. The van der Waals surface area contributed by atoms with Crippen LogP contribution in [-0.2, 0) is 4.79 Å². The third-order valence-corrected chi connectivity index (χ3v) is 8.54. The van der Waals surface area contributed by atoms with Crippen molar-refractivity contribution in [2.24, 2.45) is 11.8 Å². The Morgan fingerprint density at radius 1 is 0.971 bits per heavy atom. The number of thiophene rings is 1. The average Bonchev–Trinajstić information content (AvgIpc) is 3.65. The van der Waals surface area contributed by atoms with Crippen molar-refractivity contribution in [1.29, 1.82) is 0 Å². The molecule has 3 heterocycles. The Hall–Kier alpha value is -3.12. The van der Waals surface area contributed by atoms with Crippen molar-refractivity contribution in [3.05, 3.63) is 88.1 Å². The van der Waals surface area contributed by atoms with E-state index in [0.717, 1.165) is 37.9 Å². The standard InChI is InChI=1S/C28H29N3O2S/c32-27(18-7-2-1-3-8-18)30-24-12-6-10-21(24)28(33)31-15-13-22-25(19-14-16-34-17-19)29-23-11-5-4-9-20(23)26(22)31/h1-5,7-9,11,14,16-17,21-22,24-26,29H,6,10,12-13,15H2,(H,30,32)/t21-,22+,24+,25-,26-/m0/s1. The Bertz CT molecular complexity index is 1180. The Labute approximate surface area is 204 Å². The molecule has 2 aromatic carbocycles. The Balaban J connectivity index is 1.26. The highest BCUT2D eigenvalue weighted by Gasteiger charge is 2.48. The van der Waals surface area contributed by atoms with Crippen LogP contribution in [0.5, 0.6) is 0 Å². The molecular weight excluding hydrogens is 442 g/mol. The molecule has 1 aromatic heterocycles. The molecule has 2 fully saturated rings. The van der Waals surface area contributed by atoms with Crippen LogP contribution in [0.15, 0.2) is 71.4 Å². The first-order valence-corrected chi connectivity index (χ1v) is 13.2. The molecule has 6 rings (SSSR count). The summed E-state index contributed by atoms with van der Waals surface area (Å²) in [4.78, 5) is 28.9. The summed E-state index contributed by atoms with van der Waals surface area (Å²) in [5.74, 6) is 0.290. The van der Waals surface area contributed by atoms with Crippen molar-refractivity contribution in [1.82, 2.24) is 10.2 Å². The molecule has 174 valence electrons. The fraction of sp³-hybridized carbons (Fsp3) is 0.357. The lowest BCUT2D eigenvalue weighted by molar-refractivity contribution is -0.137. The molecule has 0 radical (unpaired) electrons. The maximum Gasteiger partial charge on any atom is 0.251 e. The van der Waals surface area contributed by atoms with Gasteiger partial charge in [0.15, 0.2) is 0 Å². The van der Waals surface area contributed by atoms with Crippen LogP contribution in [0.2, 0.25) is 0 Å². The fourth-order valence-electron chi connectivity index (χ4n) is 6.24. The van der Waals surface area contributed by atoms with Gasteiger partial charge in [-0.25, -0.2) is 0 Å². The number of anilines is 1. The number of carbonyl (C=O) groups excluding carboxylic acids is 2. The fourth-order valence-corrected chi connectivity index (χ4v) is 6.93. The second-order valence-corrected chi connectivity index (χ2v) is 10.5. The number of likely N-dealkylation sites (tertiary alicyclic amines) is 1. The summed E-state index contributed by atoms with van der Waals surface area (Å²) in [6.07, 6.45) is 3.63. The van der Waals surface area contributed by atoms with Gasteiger partial charge in [0.05, 0.1) is 18.0 Å². The van der Waals surface area contributed by atoms with Gasteiger partial charge in [0.2, 0.25) is 5.91 Å². The van der Waals surface area contributed by atoms with E-state index in [1.54, 1.807) is 11.3 Å². The number of nitrogens with one attached hydrogen (secondary N) is 2. The van der Waals surface area contributed by atoms with Gasteiger partial charge >= 0.3 is 0 Å². The van der Waals surface area contributed by atoms with Crippen LogP contribution >= 0.6 is 11.3 Å². The van der Waals surface area contributed by atoms with E-state index in [-0.39, 0.29) is 35.9 Å². The number of para-hydroxylation sites is 1. The Kier molecular flexibility index (Phi) is 5.61. The summed E-state index contributed by atoms with van der Waals surface area (Å²) < 4.78 is 0. The lowest BCUT2D eigenvalue weighted by Crippen LogP contribution is -2.46. The molecule has 2 amide bonds. The molecule has 2 N–H and O–H groups in total. The smallest absolute Gasteiger partial charge is 0.251 e. The second-order valence-electron chi connectivity index (χ2n) is 9.68. The van der Waals surface area contributed by atoms with Crippen molar-refractivity contribution < 1.29 is 9.59 Å². The van der Waals surface area contributed by atoms with E-state index in [2.05, 4.69) is 56.6 Å². The van der Waals surface area contributed by atoms with Crippen LogP contribution in [-0.4, -0.2) is 29.3 Å². The van der Waals surface area contributed by atoms with E-state index in [9.17, 15) is 9.59 Å². The first-order valence-electron chi connectivity index (χ1n) is 12.2. The molecule has 2 aliphatic heterocycles. The van der Waals surface area contributed by atoms with Crippen LogP contribution in [0, 0.1) is 11.8 Å². The topological polar surface area (TPSA) is 61.4 Å². The van der Waals surface area contributed by atoms with Gasteiger partial charge in [0.25, 0.3) is 5.91 Å². The van der Waals surface area contributed by atoms with Crippen molar-refractivity contribution in [2.75, 3.05) is 11.9 Å². The summed E-state index contributed by atoms with van der Waals surface area (Å²) in [5.41, 5.74) is 4.29. The molecule has 0 spiro atoms. The minimum atomic E-state index is -0.159. The third-order valence-electron chi connectivity index (χ3n) is 7.83. The maximum atomic E-state index is 14.0. The molecule has 3 aromatic rings. The number of benzene rings is 2. The minimum Gasteiger partial charge on any atom is -0.378 e. The molecule has 0 bridgehead atoms. The summed E-state index contributed by atoms with van der Waals surface area (Å²) in [6.45, 7) is 0.765. The van der Waals surface area contributed by atoms with Gasteiger partial charge in [-0.05, 0) is 65.4 Å². The molecule has 34 heavy (non-hydrogen) atoms. The summed E-state index contributed by atoms with van der Waals surface area (Å²) in [7, 11) is 0. The highest BCUT2D eigenvalue weighted by molar-refractivity contribution is 7.08. The number of rotatable bonds is 4. The van der Waals surface area contributed by atoms with Gasteiger partial charge in [-0.3, -0.25) is 9.59 Å². The molecule has 1 aliphatic carbocycles. The quantitative estimate of drug-likeness (QED) is 0.535. The van der Waals surface area contributed by atoms with Crippen LogP contribution in [0.3, 0.4) is 0 Å². The molecule has 0 unspecified atom stereocenters. The van der Waals surface area contributed by atoms with E-state index in [1.807, 2.05) is 30.3 Å². The predicted molar refractivity (Wildman–Crippen MR) is 135 cm³/mol. The first-order chi connectivity index (χ1) is 16.7. The SMILES string of the molecule is O=C(N[C@@H]1CCC[C@@H]1C(=O)N1CC[C@@H]2[C@H](c3ccsc3)Nc3ccccc3[C@@H]21)c1ccccc1. The molecule has 5 nitrogen and oxygen atoms in total. The van der Waals surface area contributed by atoms with Crippen LogP contribution in [0.4, 0.5) is 5.69 Å². The number of carbonyl (C=O) groups is 2. The van der Waals surface area contributed by atoms with E-state index in [1.165, 1.54) is 11.1 Å². The van der Waals surface area contributed by atoms with Crippen LogP contribution < -0.4 is 10.6 Å². The van der Waals surface area contributed by atoms with E-state index in [0.29, 0.717) is 11.5 Å². The number of hydrogen-bond acceptors (Lipinski definition) is 4. The molecular formula is C28H29N3O2S. The average molecular weight is 472 g/mol. The summed E-state index contributed by atoms with van der Waals surface area (Å²) in [5, 5.41) is 11.3. The highest BCUT2D eigenvalue weighted by atomic mass is 32.1. The zero-order chi connectivity index (χ0) is 23.1. The van der Waals surface area contributed by atoms with Crippen molar-refractivity contribution >= 4 is 28.8 Å². The van der Waals surface area contributed by atoms with Crippen molar-refractivity contribution in [2.45, 2.75) is 43.8 Å². The van der Waals surface area contributed by atoms with E-state index in [4.69, 9.17) is 0 Å². The minimum absolute atomic E-state index is 0.0703. The Morgan fingerprint density at radius 2 is 1.79 bits per heavy atom. The molecule has 6 heteroatoms. The van der Waals surface area contributed by atoms with Gasteiger partial charge in [-0.15, -0.1) is 0 Å². The third kappa shape index (κ3) is 3.70. The van der Waals surface area contributed by atoms with Gasteiger partial charge in [-0.2, -0.15) is 11.3 Å². The van der Waals surface area contributed by atoms with Gasteiger partial charge < -0.3 is 15.5 Å². The largest absolute Gasteiger partial charge is 0.378 e. The van der Waals surface area contributed by atoms with Crippen LogP contribution in [0.25, 0.3) is 0 Å². The molecule has 5 atom stereocenters. The number of nitrogens with zero attached hydrogens (tertiary/aromatic N) is 1. The van der Waals surface area contributed by atoms with Gasteiger partial charge in [0.1, 0.15) is 0 Å². The zero-order valence-electron chi connectivity index (χ0n) is 19.0. The molecule has 3 aliphatic rings. The Morgan fingerprint density at radius 3 is 2.62 bits per heavy atom. The number of fused-ring (bicyclic) bond motifs is 3. The maximum absolute atomic E-state index is 14.0. The lowest BCUT2D eigenvalue weighted by atomic mass is 9.80. The predicted octanol–water partition coefficient (Wildman–Crippen LogP) is 5.40. The highest BCUT2D eigenvalue weighted by Crippen LogP contribution is 2.52. The number of amides is 2. The molecule has 1 saturated carbocycles. The normalized spacial score (nSPS) is 27.5.